The van der Waals surface area contributed by atoms with E-state index in [4.69, 9.17) is 5.14 Å². The first-order valence-corrected chi connectivity index (χ1v) is 8.98. The molecule has 23 heavy (non-hydrogen) atoms. The lowest BCUT2D eigenvalue weighted by Crippen LogP contribution is -2.22. The number of hydrogen-bond acceptors (Lipinski definition) is 4. The first-order chi connectivity index (χ1) is 10.9. The summed E-state index contributed by atoms with van der Waals surface area (Å²) in [5, 5.41) is 12.0. The molecule has 0 saturated carbocycles. The minimum atomic E-state index is -3.91. The van der Waals surface area contributed by atoms with E-state index in [2.05, 4.69) is 10.6 Å². The van der Waals surface area contributed by atoms with Crippen molar-refractivity contribution in [1.29, 1.82) is 0 Å². The van der Waals surface area contributed by atoms with Crippen LogP contribution in [0.25, 0.3) is 10.1 Å². The number of nitrogens with one attached hydrogen (secondary N) is 2. The Kier molecular flexibility index (Phi) is 4.03. The number of primary sulfonamides is 1. The number of carbonyl (C=O) groups is 1. The van der Waals surface area contributed by atoms with Gasteiger partial charge in [-0.3, -0.25) is 5.32 Å². The van der Waals surface area contributed by atoms with Gasteiger partial charge in [0.15, 0.2) is 0 Å². The van der Waals surface area contributed by atoms with E-state index in [0.29, 0.717) is 5.00 Å². The van der Waals surface area contributed by atoms with Gasteiger partial charge in [0.1, 0.15) is 4.90 Å². The molecule has 0 atom stereocenters. The average molecular weight is 347 g/mol. The Hall–Kier alpha value is -2.42. The Bertz CT molecular complexity index is 947. The van der Waals surface area contributed by atoms with Crippen molar-refractivity contribution in [3.63, 3.8) is 0 Å². The molecule has 6 nitrogen and oxygen atoms in total. The van der Waals surface area contributed by atoms with Gasteiger partial charge < -0.3 is 5.32 Å². The normalized spacial score (nSPS) is 11.3. The topological polar surface area (TPSA) is 101 Å². The Morgan fingerprint density at radius 3 is 2.43 bits per heavy atom. The Balaban J connectivity index is 1.80. The number of hydrogen-bond donors (Lipinski definition) is 3. The fourth-order valence-corrected chi connectivity index (χ4v) is 3.78. The number of sulfonamides is 1. The minimum Gasteiger partial charge on any atom is -0.306 e. The van der Waals surface area contributed by atoms with Crippen LogP contribution in [0.5, 0.6) is 0 Å². The van der Waals surface area contributed by atoms with E-state index in [1.807, 2.05) is 30.3 Å². The number of fused-ring (bicyclic) bond motifs is 1. The van der Waals surface area contributed by atoms with Crippen LogP contribution in [0.15, 0.2) is 59.5 Å². The first kappa shape index (κ1) is 15.5. The number of urea groups is 1. The fraction of sp³-hybridized carbons (Fsp3) is 0. The van der Waals surface area contributed by atoms with E-state index in [1.54, 1.807) is 6.07 Å². The highest BCUT2D eigenvalue weighted by atomic mass is 32.2. The zero-order chi connectivity index (χ0) is 16.4. The van der Waals surface area contributed by atoms with Gasteiger partial charge in [-0.25, -0.2) is 18.4 Å². The molecule has 2 aromatic carbocycles. The maximum Gasteiger partial charge on any atom is 0.324 e. The van der Waals surface area contributed by atoms with Gasteiger partial charge in [0.25, 0.3) is 0 Å². The molecule has 0 spiro atoms. The van der Waals surface area contributed by atoms with E-state index in [1.165, 1.54) is 29.5 Å². The molecule has 2 amide bonds. The number of rotatable bonds is 3. The molecule has 0 saturated heterocycles. The molecular formula is C15H13N3O3S2. The molecule has 8 heteroatoms. The molecule has 118 valence electrons. The number of thiophene rings is 1. The monoisotopic (exact) mass is 347 g/mol. The van der Waals surface area contributed by atoms with Crippen molar-refractivity contribution in [3.05, 3.63) is 54.6 Å². The highest BCUT2D eigenvalue weighted by Crippen LogP contribution is 2.29. The zero-order valence-corrected chi connectivity index (χ0v) is 13.4. The number of amides is 2. The molecule has 0 aliphatic rings. The van der Waals surface area contributed by atoms with Gasteiger partial charge in [-0.15, -0.1) is 11.3 Å². The molecule has 0 fully saturated rings. The van der Waals surface area contributed by atoms with Gasteiger partial charge >= 0.3 is 6.03 Å². The van der Waals surface area contributed by atoms with Crippen LogP contribution in [-0.4, -0.2) is 14.4 Å². The maximum atomic E-state index is 12.1. The lowest BCUT2D eigenvalue weighted by molar-refractivity contribution is 0.262. The van der Waals surface area contributed by atoms with Crippen molar-refractivity contribution >= 4 is 48.2 Å². The summed E-state index contributed by atoms with van der Waals surface area (Å²) in [6, 6.07) is 15.0. The number of benzene rings is 2. The SMILES string of the molecule is NS(=O)(=O)c1ccccc1NC(=O)Nc1cc2ccccc2s1. The Morgan fingerprint density at radius 2 is 1.70 bits per heavy atom. The van der Waals surface area contributed by atoms with E-state index in [0.717, 1.165) is 10.1 Å². The molecule has 0 bridgehead atoms. The van der Waals surface area contributed by atoms with Crippen molar-refractivity contribution in [2.45, 2.75) is 4.90 Å². The Morgan fingerprint density at radius 1 is 1.00 bits per heavy atom. The second-order valence-corrected chi connectivity index (χ2v) is 7.38. The number of anilines is 2. The van der Waals surface area contributed by atoms with Crippen LogP contribution >= 0.6 is 11.3 Å². The van der Waals surface area contributed by atoms with Gasteiger partial charge in [-0.05, 0) is 29.7 Å². The zero-order valence-electron chi connectivity index (χ0n) is 11.8. The molecule has 0 radical (unpaired) electrons. The smallest absolute Gasteiger partial charge is 0.306 e. The summed E-state index contributed by atoms with van der Waals surface area (Å²) in [5.74, 6) is 0. The summed E-state index contributed by atoms with van der Waals surface area (Å²) in [5.41, 5.74) is 0.133. The van der Waals surface area contributed by atoms with Crippen molar-refractivity contribution in [2.24, 2.45) is 5.14 Å². The number of nitrogens with two attached hydrogens (primary N) is 1. The van der Waals surface area contributed by atoms with Crippen LogP contribution < -0.4 is 15.8 Å². The van der Waals surface area contributed by atoms with Gasteiger partial charge in [0, 0.05) is 4.70 Å². The van der Waals surface area contributed by atoms with E-state index in [-0.39, 0.29) is 10.6 Å². The minimum absolute atomic E-state index is 0.133. The van der Waals surface area contributed by atoms with E-state index < -0.39 is 16.1 Å². The van der Waals surface area contributed by atoms with Crippen LogP contribution in [0, 0.1) is 0 Å². The predicted molar refractivity (Wildman–Crippen MR) is 92.3 cm³/mol. The second kappa shape index (κ2) is 5.99. The highest BCUT2D eigenvalue weighted by Gasteiger charge is 2.15. The third kappa shape index (κ3) is 3.50. The van der Waals surface area contributed by atoms with Crippen molar-refractivity contribution in [3.8, 4) is 0 Å². The predicted octanol–water partition coefficient (Wildman–Crippen LogP) is 3.19. The lowest BCUT2D eigenvalue weighted by atomic mass is 10.3. The third-order valence-corrected chi connectivity index (χ3v) is 5.10. The molecule has 1 heterocycles. The van der Waals surface area contributed by atoms with Crippen molar-refractivity contribution < 1.29 is 13.2 Å². The number of para-hydroxylation sites is 1. The Labute approximate surface area is 137 Å². The average Bonchev–Trinajstić information content (AvgIpc) is 2.88. The lowest BCUT2D eigenvalue weighted by Gasteiger charge is -2.09. The second-order valence-electron chi connectivity index (χ2n) is 4.77. The number of carbonyl (C=O) groups excluding carboxylic acids is 1. The largest absolute Gasteiger partial charge is 0.324 e. The van der Waals surface area contributed by atoms with Gasteiger partial charge in [0.05, 0.1) is 10.7 Å². The summed E-state index contributed by atoms with van der Waals surface area (Å²) in [7, 11) is -3.91. The molecule has 3 aromatic rings. The summed E-state index contributed by atoms with van der Waals surface area (Å²) in [6.07, 6.45) is 0. The van der Waals surface area contributed by atoms with Crippen molar-refractivity contribution in [1.82, 2.24) is 0 Å². The first-order valence-electron chi connectivity index (χ1n) is 6.62. The fourth-order valence-electron chi connectivity index (χ4n) is 2.13. The molecule has 3 rings (SSSR count). The third-order valence-electron chi connectivity index (χ3n) is 3.10. The van der Waals surface area contributed by atoms with Crippen LogP contribution in [0.1, 0.15) is 0 Å². The van der Waals surface area contributed by atoms with Crippen LogP contribution in [0.2, 0.25) is 0 Å². The molecular weight excluding hydrogens is 334 g/mol. The van der Waals surface area contributed by atoms with Crippen LogP contribution in [0.3, 0.4) is 0 Å². The standard InChI is InChI=1S/C15H13N3O3S2/c16-23(20,21)13-8-4-2-6-11(13)17-15(19)18-14-9-10-5-1-3-7-12(10)22-14/h1-9H,(H2,16,20,21)(H2,17,18,19). The molecule has 1 aromatic heterocycles. The van der Waals surface area contributed by atoms with Gasteiger partial charge in [-0.2, -0.15) is 0 Å². The molecule has 0 aliphatic heterocycles. The van der Waals surface area contributed by atoms with E-state index in [9.17, 15) is 13.2 Å². The van der Waals surface area contributed by atoms with Crippen LogP contribution in [0.4, 0.5) is 15.5 Å². The van der Waals surface area contributed by atoms with E-state index >= 15 is 0 Å². The van der Waals surface area contributed by atoms with Crippen molar-refractivity contribution in [2.75, 3.05) is 10.6 Å². The van der Waals surface area contributed by atoms with Gasteiger partial charge in [-0.1, -0.05) is 30.3 Å². The summed E-state index contributed by atoms with van der Waals surface area (Å²) in [6.45, 7) is 0. The summed E-state index contributed by atoms with van der Waals surface area (Å²) >= 11 is 1.43. The maximum absolute atomic E-state index is 12.1. The quantitative estimate of drug-likeness (QED) is 0.678. The summed E-state index contributed by atoms with van der Waals surface area (Å²) < 4.78 is 24.1. The molecule has 0 aliphatic carbocycles. The van der Waals surface area contributed by atoms with Crippen LogP contribution in [-0.2, 0) is 10.0 Å². The highest BCUT2D eigenvalue weighted by molar-refractivity contribution is 7.89. The summed E-state index contributed by atoms with van der Waals surface area (Å²) in [4.78, 5) is 12.0. The molecule has 4 N–H and O–H groups in total. The van der Waals surface area contributed by atoms with Gasteiger partial charge in [0.2, 0.25) is 10.0 Å². The molecule has 0 unspecified atom stereocenters.